The molecule has 1 aliphatic heterocycles. The molecule has 1 aliphatic rings. The van der Waals surface area contributed by atoms with Gasteiger partial charge in [0.2, 0.25) is 0 Å². The molecule has 0 bridgehead atoms. The number of unbranched alkanes of at least 4 members (excludes halogenated alkanes) is 1. The standard InChI is InChI=1S/C11H23NO/c1-3-11-7-6-10(2)12(11)8-4-5-9-13/h10-11,13H,3-9H2,1-2H3. The lowest BCUT2D eigenvalue weighted by Crippen LogP contribution is -2.35. The molecule has 0 saturated carbocycles. The molecule has 0 aromatic heterocycles. The minimum atomic E-state index is 0.346. The first-order chi connectivity index (χ1) is 6.29. The molecule has 0 aromatic carbocycles. The lowest BCUT2D eigenvalue weighted by Gasteiger charge is -2.27. The summed E-state index contributed by atoms with van der Waals surface area (Å²) in [5.74, 6) is 0. The summed E-state index contributed by atoms with van der Waals surface area (Å²) < 4.78 is 0. The van der Waals surface area contributed by atoms with Crippen molar-refractivity contribution in [3.63, 3.8) is 0 Å². The molecule has 0 amide bonds. The molecule has 13 heavy (non-hydrogen) atoms. The van der Waals surface area contributed by atoms with Gasteiger partial charge in [0.05, 0.1) is 0 Å². The Labute approximate surface area is 81.9 Å². The molecule has 2 unspecified atom stereocenters. The smallest absolute Gasteiger partial charge is 0.0431 e. The van der Waals surface area contributed by atoms with E-state index < -0.39 is 0 Å². The van der Waals surface area contributed by atoms with Crippen molar-refractivity contribution >= 4 is 0 Å². The third-order valence-corrected chi connectivity index (χ3v) is 3.25. The van der Waals surface area contributed by atoms with E-state index in [4.69, 9.17) is 5.11 Å². The zero-order chi connectivity index (χ0) is 9.68. The Morgan fingerprint density at radius 3 is 2.69 bits per heavy atom. The quantitative estimate of drug-likeness (QED) is 0.662. The van der Waals surface area contributed by atoms with Gasteiger partial charge in [-0.3, -0.25) is 4.90 Å². The minimum Gasteiger partial charge on any atom is -0.396 e. The highest BCUT2D eigenvalue weighted by Gasteiger charge is 2.28. The average Bonchev–Trinajstić information content (AvgIpc) is 2.48. The van der Waals surface area contributed by atoms with Crippen LogP contribution in [0, 0.1) is 0 Å². The van der Waals surface area contributed by atoms with E-state index in [1.165, 1.54) is 25.8 Å². The summed E-state index contributed by atoms with van der Waals surface area (Å²) in [6, 6.07) is 1.58. The fourth-order valence-corrected chi connectivity index (χ4v) is 2.37. The van der Waals surface area contributed by atoms with E-state index >= 15 is 0 Å². The van der Waals surface area contributed by atoms with Gasteiger partial charge in [-0.25, -0.2) is 0 Å². The number of nitrogens with zero attached hydrogens (tertiary/aromatic N) is 1. The number of rotatable bonds is 5. The summed E-state index contributed by atoms with van der Waals surface area (Å²) in [4.78, 5) is 2.62. The summed E-state index contributed by atoms with van der Waals surface area (Å²) in [6.07, 6.45) is 6.12. The second kappa shape index (κ2) is 5.61. The van der Waals surface area contributed by atoms with Gasteiger partial charge >= 0.3 is 0 Å². The molecule has 78 valence electrons. The van der Waals surface area contributed by atoms with Gasteiger partial charge in [0.1, 0.15) is 0 Å². The summed E-state index contributed by atoms with van der Waals surface area (Å²) in [5.41, 5.74) is 0. The van der Waals surface area contributed by atoms with Crippen LogP contribution in [-0.2, 0) is 0 Å². The van der Waals surface area contributed by atoms with Gasteiger partial charge in [-0.1, -0.05) is 6.92 Å². The van der Waals surface area contributed by atoms with Crippen molar-refractivity contribution in [3.05, 3.63) is 0 Å². The van der Waals surface area contributed by atoms with E-state index in [0.717, 1.165) is 24.9 Å². The van der Waals surface area contributed by atoms with Crippen LogP contribution in [0.4, 0.5) is 0 Å². The Bertz CT molecular complexity index is 138. The van der Waals surface area contributed by atoms with Crippen LogP contribution in [0.5, 0.6) is 0 Å². The minimum absolute atomic E-state index is 0.346. The molecule has 1 saturated heterocycles. The Balaban J connectivity index is 2.27. The van der Waals surface area contributed by atoms with Crippen molar-refractivity contribution in [1.29, 1.82) is 0 Å². The molecule has 1 rings (SSSR count). The van der Waals surface area contributed by atoms with E-state index in [1.54, 1.807) is 0 Å². The first-order valence-corrected chi connectivity index (χ1v) is 5.66. The average molecular weight is 185 g/mol. The second-order valence-electron chi connectivity index (χ2n) is 4.16. The zero-order valence-corrected chi connectivity index (χ0v) is 9.00. The van der Waals surface area contributed by atoms with Crippen molar-refractivity contribution < 1.29 is 5.11 Å². The molecule has 1 fully saturated rings. The van der Waals surface area contributed by atoms with Crippen molar-refractivity contribution in [2.24, 2.45) is 0 Å². The summed E-state index contributed by atoms with van der Waals surface area (Å²) in [6.45, 7) is 6.13. The summed E-state index contributed by atoms with van der Waals surface area (Å²) in [5, 5.41) is 8.71. The molecular formula is C11H23NO. The highest BCUT2D eigenvalue weighted by Crippen LogP contribution is 2.25. The van der Waals surface area contributed by atoms with E-state index in [2.05, 4.69) is 18.7 Å². The fraction of sp³-hybridized carbons (Fsp3) is 1.00. The lowest BCUT2D eigenvalue weighted by molar-refractivity contribution is 0.186. The summed E-state index contributed by atoms with van der Waals surface area (Å²) >= 11 is 0. The molecule has 0 aliphatic carbocycles. The maximum atomic E-state index is 8.71. The van der Waals surface area contributed by atoms with Crippen LogP contribution in [0.3, 0.4) is 0 Å². The molecule has 2 heteroatoms. The third-order valence-electron chi connectivity index (χ3n) is 3.25. The van der Waals surface area contributed by atoms with Gasteiger partial charge in [0, 0.05) is 18.7 Å². The van der Waals surface area contributed by atoms with Crippen LogP contribution in [0.25, 0.3) is 0 Å². The van der Waals surface area contributed by atoms with Gasteiger partial charge < -0.3 is 5.11 Å². The van der Waals surface area contributed by atoms with Crippen molar-refractivity contribution in [2.45, 2.75) is 58.0 Å². The molecule has 0 spiro atoms. The van der Waals surface area contributed by atoms with Gasteiger partial charge in [-0.05, 0) is 45.6 Å². The Morgan fingerprint density at radius 2 is 2.08 bits per heavy atom. The first kappa shape index (κ1) is 11.0. The SMILES string of the molecule is CCC1CCC(C)N1CCCCO. The van der Waals surface area contributed by atoms with E-state index in [9.17, 15) is 0 Å². The first-order valence-electron chi connectivity index (χ1n) is 5.66. The Hall–Kier alpha value is -0.0800. The molecule has 2 atom stereocenters. The maximum Gasteiger partial charge on any atom is 0.0431 e. The number of aliphatic hydroxyl groups excluding tert-OH is 1. The maximum absolute atomic E-state index is 8.71. The molecular weight excluding hydrogens is 162 g/mol. The highest BCUT2D eigenvalue weighted by atomic mass is 16.2. The van der Waals surface area contributed by atoms with Crippen LogP contribution in [0.15, 0.2) is 0 Å². The fourth-order valence-electron chi connectivity index (χ4n) is 2.37. The second-order valence-corrected chi connectivity index (χ2v) is 4.16. The van der Waals surface area contributed by atoms with Crippen LogP contribution in [-0.4, -0.2) is 35.2 Å². The molecule has 1 N–H and O–H groups in total. The monoisotopic (exact) mass is 185 g/mol. The van der Waals surface area contributed by atoms with E-state index in [0.29, 0.717) is 6.61 Å². The van der Waals surface area contributed by atoms with Crippen molar-refractivity contribution in [1.82, 2.24) is 4.90 Å². The van der Waals surface area contributed by atoms with Crippen LogP contribution in [0.2, 0.25) is 0 Å². The largest absolute Gasteiger partial charge is 0.396 e. The van der Waals surface area contributed by atoms with E-state index in [1.807, 2.05) is 0 Å². The number of hydrogen-bond donors (Lipinski definition) is 1. The summed E-state index contributed by atoms with van der Waals surface area (Å²) in [7, 11) is 0. The molecule has 1 heterocycles. The van der Waals surface area contributed by atoms with Crippen molar-refractivity contribution in [2.75, 3.05) is 13.2 Å². The number of likely N-dealkylation sites (tertiary alicyclic amines) is 1. The number of hydrogen-bond acceptors (Lipinski definition) is 2. The van der Waals surface area contributed by atoms with E-state index in [-0.39, 0.29) is 0 Å². The topological polar surface area (TPSA) is 23.5 Å². The van der Waals surface area contributed by atoms with Crippen LogP contribution >= 0.6 is 0 Å². The van der Waals surface area contributed by atoms with Gasteiger partial charge in [0.25, 0.3) is 0 Å². The van der Waals surface area contributed by atoms with Gasteiger partial charge in [-0.2, -0.15) is 0 Å². The normalized spacial score (nSPS) is 29.8. The molecule has 2 nitrogen and oxygen atoms in total. The highest BCUT2D eigenvalue weighted by molar-refractivity contribution is 4.83. The van der Waals surface area contributed by atoms with Gasteiger partial charge in [-0.15, -0.1) is 0 Å². The van der Waals surface area contributed by atoms with Crippen LogP contribution < -0.4 is 0 Å². The number of aliphatic hydroxyl groups is 1. The predicted octanol–water partition coefficient (Wildman–Crippen LogP) is 2.02. The Kier molecular flexibility index (Phi) is 4.74. The van der Waals surface area contributed by atoms with Crippen LogP contribution in [0.1, 0.15) is 46.0 Å². The van der Waals surface area contributed by atoms with Crippen molar-refractivity contribution in [3.8, 4) is 0 Å². The predicted molar refractivity (Wildman–Crippen MR) is 55.8 cm³/mol. The lowest BCUT2D eigenvalue weighted by atomic mass is 10.1. The zero-order valence-electron chi connectivity index (χ0n) is 9.00. The Morgan fingerprint density at radius 1 is 1.31 bits per heavy atom. The third kappa shape index (κ3) is 2.96. The molecule has 0 aromatic rings. The van der Waals surface area contributed by atoms with Gasteiger partial charge in [0.15, 0.2) is 0 Å². The molecule has 0 radical (unpaired) electrons.